The Morgan fingerprint density at radius 3 is 2.56 bits per heavy atom. The third-order valence-corrected chi connectivity index (χ3v) is 4.96. The molecule has 0 bridgehead atoms. The van der Waals surface area contributed by atoms with Gasteiger partial charge in [-0.05, 0) is 25.1 Å². The molecule has 18 heavy (non-hydrogen) atoms. The number of benzene rings is 1. The lowest BCUT2D eigenvalue weighted by molar-refractivity contribution is 0.445. The largest absolute Gasteiger partial charge is 0.342 e. The molecule has 2 aromatic rings. The van der Waals surface area contributed by atoms with Crippen molar-refractivity contribution >= 4 is 21.1 Å². The van der Waals surface area contributed by atoms with Crippen LogP contribution in [0.5, 0.6) is 0 Å². The molecule has 0 saturated heterocycles. The smallest absolute Gasteiger partial charge is 0.243 e. The third kappa shape index (κ3) is 2.13. The van der Waals surface area contributed by atoms with Crippen molar-refractivity contribution in [3.63, 3.8) is 0 Å². The maximum Gasteiger partial charge on any atom is 0.243 e. The average Bonchev–Trinajstić information content (AvgIpc) is 2.69. The van der Waals surface area contributed by atoms with Crippen LogP contribution in [0.3, 0.4) is 0 Å². The van der Waals surface area contributed by atoms with Gasteiger partial charge in [-0.25, -0.2) is 13.4 Å². The summed E-state index contributed by atoms with van der Waals surface area (Å²) in [6, 6.07) is 4.98. The Labute approximate surface area is 107 Å². The van der Waals surface area contributed by atoms with E-state index in [1.165, 1.54) is 4.31 Å². The molecular weight excluding hydrogens is 250 g/mol. The van der Waals surface area contributed by atoms with Gasteiger partial charge in [0.25, 0.3) is 0 Å². The highest BCUT2D eigenvalue weighted by atomic mass is 32.2. The molecule has 0 saturated carbocycles. The van der Waals surface area contributed by atoms with E-state index in [1.54, 1.807) is 18.2 Å². The normalized spacial score (nSPS) is 12.4. The zero-order chi connectivity index (χ0) is 13.3. The number of nitrogens with one attached hydrogen (secondary N) is 1. The van der Waals surface area contributed by atoms with Gasteiger partial charge in [0.1, 0.15) is 5.82 Å². The van der Waals surface area contributed by atoms with Crippen LogP contribution in [-0.4, -0.2) is 35.8 Å². The Morgan fingerprint density at radius 2 is 1.94 bits per heavy atom. The van der Waals surface area contributed by atoms with Crippen molar-refractivity contribution in [1.82, 2.24) is 14.3 Å². The van der Waals surface area contributed by atoms with E-state index in [1.807, 2.05) is 20.8 Å². The minimum absolute atomic E-state index is 0.308. The fourth-order valence-electron chi connectivity index (χ4n) is 1.99. The van der Waals surface area contributed by atoms with Crippen LogP contribution >= 0.6 is 0 Å². The molecule has 0 atom stereocenters. The molecule has 1 N–H and O–H groups in total. The van der Waals surface area contributed by atoms with Crippen molar-refractivity contribution < 1.29 is 8.42 Å². The quantitative estimate of drug-likeness (QED) is 0.920. The maximum absolute atomic E-state index is 12.3. The topological polar surface area (TPSA) is 66.1 Å². The number of nitrogens with zero attached hydrogens (tertiary/aromatic N) is 2. The lowest BCUT2D eigenvalue weighted by Crippen LogP contribution is -2.30. The summed E-state index contributed by atoms with van der Waals surface area (Å²) in [6.45, 7) is 6.45. The van der Waals surface area contributed by atoms with E-state index in [2.05, 4.69) is 9.97 Å². The summed E-state index contributed by atoms with van der Waals surface area (Å²) < 4.78 is 26.1. The number of H-pyrrole nitrogens is 1. The Bertz CT molecular complexity index is 657. The molecule has 0 fully saturated rings. The molecule has 5 nitrogen and oxygen atoms in total. The van der Waals surface area contributed by atoms with Gasteiger partial charge in [-0.3, -0.25) is 0 Å². The first-order valence-electron chi connectivity index (χ1n) is 5.95. The van der Waals surface area contributed by atoms with Crippen LogP contribution < -0.4 is 0 Å². The number of aromatic amines is 1. The molecule has 0 aliphatic carbocycles. The van der Waals surface area contributed by atoms with Crippen LogP contribution in [0.2, 0.25) is 0 Å². The number of hydrogen-bond acceptors (Lipinski definition) is 3. The monoisotopic (exact) mass is 267 g/mol. The zero-order valence-corrected chi connectivity index (χ0v) is 11.6. The number of sulfonamides is 1. The molecule has 0 radical (unpaired) electrons. The summed E-state index contributed by atoms with van der Waals surface area (Å²) in [4.78, 5) is 7.62. The first-order chi connectivity index (χ1) is 8.48. The van der Waals surface area contributed by atoms with E-state index in [-0.39, 0.29) is 0 Å². The SMILES string of the molecule is CCN(CC)S(=O)(=O)c1ccc2nc(C)[nH]c2c1. The van der Waals surface area contributed by atoms with Crippen LogP contribution in [0.1, 0.15) is 19.7 Å². The van der Waals surface area contributed by atoms with Gasteiger partial charge in [0.05, 0.1) is 15.9 Å². The van der Waals surface area contributed by atoms with Crippen molar-refractivity contribution in [3.05, 3.63) is 24.0 Å². The third-order valence-electron chi connectivity index (χ3n) is 2.91. The first kappa shape index (κ1) is 13.0. The van der Waals surface area contributed by atoms with Crippen molar-refractivity contribution in [2.75, 3.05) is 13.1 Å². The summed E-state index contributed by atoms with van der Waals surface area (Å²) in [6.07, 6.45) is 0. The highest BCUT2D eigenvalue weighted by Gasteiger charge is 2.21. The predicted molar refractivity (Wildman–Crippen MR) is 70.9 cm³/mol. The molecule has 0 aliphatic heterocycles. The molecule has 0 unspecified atom stereocenters. The van der Waals surface area contributed by atoms with Gasteiger partial charge in [0, 0.05) is 13.1 Å². The molecular formula is C12H17N3O2S. The highest BCUT2D eigenvalue weighted by Crippen LogP contribution is 2.20. The summed E-state index contributed by atoms with van der Waals surface area (Å²) >= 11 is 0. The number of rotatable bonds is 4. The van der Waals surface area contributed by atoms with Crippen LogP contribution in [0.15, 0.2) is 23.1 Å². The van der Waals surface area contributed by atoms with Gasteiger partial charge in [-0.15, -0.1) is 0 Å². The number of fused-ring (bicyclic) bond motifs is 1. The second-order valence-electron chi connectivity index (χ2n) is 4.09. The summed E-state index contributed by atoms with van der Waals surface area (Å²) in [7, 11) is -3.40. The molecule has 6 heteroatoms. The van der Waals surface area contributed by atoms with Crippen molar-refractivity contribution in [2.45, 2.75) is 25.7 Å². The maximum atomic E-state index is 12.3. The molecule has 1 aromatic heterocycles. The second-order valence-corrected chi connectivity index (χ2v) is 6.03. The van der Waals surface area contributed by atoms with E-state index < -0.39 is 10.0 Å². The lowest BCUT2D eigenvalue weighted by atomic mass is 10.3. The number of aromatic nitrogens is 2. The zero-order valence-electron chi connectivity index (χ0n) is 10.8. The van der Waals surface area contributed by atoms with E-state index >= 15 is 0 Å². The van der Waals surface area contributed by atoms with Gasteiger partial charge in [0.15, 0.2) is 0 Å². The van der Waals surface area contributed by atoms with Gasteiger partial charge >= 0.3 is 0 Å². The van der Waals surface area contributed by atoms with Crippen molar-refractivity contribution in [2.24, 2.45) is 0 Å². The fraction of sp³-hybridized carbons (Fsp3) is 0.417. The van der Waals surface area contributed by atoms with Gasteiger partial charge < -0.3 is 4.98 Å². The molecule has 0 amide bonds. The van der Waals surface area contributed by atoms with Crippen LogP contribution in [0.4, 0.5) is 0 Å². The van der Waals surface area contributed by atoms with E-state index in [0.717, 1.165) is 16.9 Å². The summed E-state index contributed by atoms with van der Waals surface area (Å²) in [5.74, 6) is 0.780. The molecule has 0 spiro atoms. The van der Waals surface area contributed by atoms with E-state index in [4.69, 9.17) is 0 Å². The predicted octanol–water partition coefficient (Wildman–Crippen LogP) is 1.90. The number of imidazole rings is 1. The molecule has 1 heterocycles. The van der Waals surface area contributed by atoms with Gasteiger partial charge in [-0.1, -0.05) is 13.8 Å². The Morgan fingerprint density at radius 1 is 1.28 bits per heavy atom. The Hall–Kier alpha value is -1.40. The minimum atomic E-state index is -3.40. The second kappa shape index (κ2) is 4.70. The van der Waals surface area contributed by atoms with Crippen molar-refractivity contribution in [1.29, 1.82) is 0 Å². The van der Waals surface area contributed by atoms with E-state index in [0.29, 0.717) is 18.0 Å². The minimum Gasteiger partial charge on any atom is -0.342 e. The van der Waals surface area contributed by atoms with Gasteiger partial charge in [0.2, 0.25) is 10.0 Å². The molecule has 1 aromatic carbocycles. The van der Waals surface area contributed by atoms with E-state index in [9.17, 15) is 8.42 Å². The molecule has 0 aliphatic rings. The summed E-state index contributed by atoms with van der Waals surface area (Å²) in [5.41, 5.74) is 1.53. The fourth-order valence-corrected chi connectivity index (χ4v) is 3.47. The first-order valence-corrected chi connectivity index (χ1v) is 7.39. The van der Waals surface area contributed by atoms with Crippen LogP contribution in [-0.2, 0) is 10.0 Å². The molecule has 2 rings (SSSR count). The highest BCUT2D eigenvalue weighted by molar-refractivity contribution is 7.89. The Kier molecular flexibility index (Phi) is 3.41. The van der Waals surface area contributed by atoms with Gasteiger partial charge in [-0.2, -0.15) is 4.31 Å². The summed E-state index contributed by atoms with van der Waals surface area (Å²) in [5, 5.41) is 0. The lowest BCUT2D eigenvalue weighted by Gasteiger charge is -2.18. The van der Waals surface area contributed by atoms with Crippen LogP contribution in [0.25, 0.3) is 11.0 Å². The molecule has 98 valence electrons. The van der Waals surface area contributed by atoms with Crippen molar-refractivity contribution in [3.8, 4) is 0 Å². The number of hydrogen-bond donors (Lipinski definition) is 1. The standard InChI is InChI=1S/C12H17N3O2S/c1-4-15(5-2)18(16,17)10-6-7-11-12(8-10)14-9(3)13-11/h6-8H,4-5H2,1-3H3,(H,13,14). The van der Waals surface area contributed by atoms with Crippen LogP contribution in [0, 0.1) is 6.92 Å². The number of aryl methyl sites for hydroxylation is 1. The average molecular weight is 267 g/mol. The Balaban J connectivity index is 2.53.